The molecule has 0 bridgehead atoms. The zero-order chi connectivity index (χ0) is 6.78. The zero-order valence-electron chi connectivity index (χ0n) is 3.64. The van der Waals surface area contributed by atoms with E-state index in [4.69, 9.17) is 10.2 Å². The Morgan fingerprint density at radius 2 is 2.12 bits per heavy atom. The van der Waals surface area contributed by atoms with Crippen LogP contribution in [0.5, 0.6) is 0 Å². The van der Waals surface area contributed by atoms with Gasteiger partial charge in [0.15, 0.2) is 0 Å². The molecule has 0 aliphatic heterocycles. The first-order valence-electron chi connectivity index (χ1n) is 1.46. The van der Waals surface area contributed by atoms with Gasteiger partial charge in [-0.25, -0.2) is 9.82 Å². The molecule has 1 atom stereocenters. The van der Waals surface area contributed by atoms with Crippen molar-refractivity contribution in [1.82, 2.24) is 0 Å². The van der Waals surface area contributed by atoms with Gasteiger partial charge in [-0.3, -0.25) is 4.79 Å². The van der Waals surface area contributed by atoms with Crippen LogP contribution in [-0.4, -0.2) is 15.8 Å². The third-order valence-corrected chi connectivity index (χ3v) is 1.17. The van der Waals surface area contributed by atoms with Crippen LogP contribution < -0.4 is 5.73 Å². The summed E-state index contributed by atoms with van der Waals surface area (Å²) in [7, 11) is -4.55. The van der Waals surface area contributed by atoms with Gasteiger partial charge in [-0.2, -0.15) is 0 Å². The summed E-state index contributed by atoms with van der Waals surface area (Å²) in [5.41, 5.74) is 2.66. The van der Waals surface area contributed by atoms with Crippen LogP contribution in [0.3, 0.4) is 0 Å². The Hall–Kier alpha value is -0.420. The average Bonchev–Trinajstić information content (AvgIpc) is 1.67. The van der Waals surface area contributed by atoms with E-state index in [0.717, 1.165) is 0 Å². The minimum absolute atomic E-state index is 1.58. The average molecular weight is 141 g/mol. The normalized spacial score (nSPS) is 17.2. The van der Waals surface area contributed by atoms with E-state index in [1.54, 1.807) is 0 Å². The fourth-order valence-electron chi connectivity index (χ4n) is 0.0402. The molecule has 1 amide bonds. The lowest BCUT2D eigenvalue weighted by Crippen LogP contribution is -2.09. The van der Waals surface area contributed by atoms with E-state index in [9.17, 15) is 9.36 Å². The maximum atomic E-state index is 9.89. The number of amides is 1. The maximum Gasteiger partial charge on any atom is 0.441 e. The highest BCUT2D eigenvalue weighted by molar-refractivity contribution is 7.70. The summed E-state index contributed by atoms with van der Waals surface area (Å²) in [6.07, 6.45) is 0. The second-order valence-electron chi connectivity index (χ2n) is 0.940. The molecule has 0 radical (unpaired) electrons. The van der Waals surface area contributed by atoms with Gasteiger partial charge in [0.2, 0.25) is 0 Å². The number of hydrogen-bond donors (Lipinski definition) is 3. The molecule has 8 heavy (non-hydrogen) atoms. The van der Waals surface area contributed by atoms with E-state index in [2.05, 4.69) is 10.4 Å². The highest BCUT2D eigenvalue weighted by atomic mass is 31.2. The highest BCUT2D eigenvalue weighted by Gasteiger charge is 2.27. The first kappa shape index (κ1) is 7.58. The third kappa shape index (κ3) is 1.59. The zero-order valence-corrected chi connectivity index (χ0v) is 4.54. The van der Waals surface area contributed by atoms with Crippen LogP contribution in [0.4, 0.5) is 4.79 Å². The molecule has 48 valence electrons. The van der Waals surface area contributed by atoms with Gasteiger partial charge in [-0.1, -0.05) is 0 Å². The van der Waals surface area contributed by atoms with Crippen molar-refractivity contribution in [3.8, 4) is 0 Å². The Labute approximate surface area is 44.3 Å². The highest BCUT2D eigenvalue weighted by Crippen LogP contribution is 2.39. The second kappa shape index (κ2) is 2.23. The maximum absolute atomic E-state index is 9.89. The van der Waals surface area contributed by atoms with Crippen molar-refractivity contribution < 1.29 is 24.2 Å². The fraction of sp³-hybridized carbons (Fsp3) is 0. The van der Waals surface area contributed by atoms with E-state index in [-0.39, 0.29) is 0 Å². The van der Waals surface area contributed by atoms with Crippen molar-refractivity contribution in [2.45, 2.75) is 0 Å². The molecule has 0 aliphatic rings. The van der Waals surface area contributed by atoms with E-state index in [1.165, 1.54) is 0 Å². The lowest BCUT2D eigenvalue weighted by atomic mass is 11.5. The minimum Gasteiger partial charge on any atom is -0.359 e. The van der Waals surface area contributed by atoms with Crippen molar-refractivity contribution in [2.75, 3.05) is 0 Å². The van der Waals surface area contributed by atoms with Crippen LogP contribution in [0.25, 0.3) is 0 Å². The molecular formula is CH4NO5P. The summed E-state index contributed by atoms with van der Waals surface area (Å²) < 4.78 is 12.7. The van der Waals surface area contributed by atoms with E-state index >= 15 is 0 Å². The molecule has 0 aliphatic carbocycles. The van der Waals surface area contributed by atoms with Gasteiger partial charge in [-0.05, 0) is 0 Å². The molecule has 4 N–H and O–H groups in total. The molecule has 0 aromatic rings. The van der Waals surface area contributed by atoms with Gasteiger partial charge in [0.1, 0.15) is 0 Å². The van der Waals surface area contributed by atoms with Gasteiger partial charge in [0.05, 0.1) is 0 Å². The quantitative estimate of drug-likeness (QED) is 0.278. The molecule has 1 unspecified atom stereocenters. The number of hydrogen-bond acceptors (Lipinski definition) is 4. The molecule has 7 heteroatoms. The van der Waals surface area contributed by atoms with Crippen LogP contribution >= 0.6 is 7.60 Å². The molecule has 0 rings (SSSR count). The fourth-order valence-corrected chi connectivity index (χ4v) is 0.121. The van der Waals surface area contributed by atoms with Crippen LogP contribution in [-0.2, 0) is 9.24 Å². The Morgan fingerprint density at radius 1 is 1.75 bits per heavy atom. The lowest BCUT2D eigenvalue weighted by molar-refractivity contribution is -0.143. The summed E-state index contributed by atoms with van der Waals surface area (Å²) in [5, 5.41) is 7.45. The number of nitrogens with two attached hydrogens (primary N) is 1. The summed E-state index contributed by atoms with van der Waals surface area (Å²) in [6, 6.07) is 0. The van der Waals surface area contributed by atoms with E-state index in [1.807, 2.05) is 0 Å². The van der Waals surface area contributed by atoms with Crippen molar-refractivity contribution in [3.63, 3.8) is 0 Å². The lowest BCUT2D eigenvalue weighted by Gasteiger charge is -1.97. The Balaban J connectivity index is 4.15. The first-order valence-corrected chi connectivity index (χ1v) is 3.04. The monoisotopic (exact) mass is 141 g/mol. The SMILES string of the molecule is NC(=O)P(=O)(O)OO. The van der Waals surface area contributed by atoms with Crippen LogP contribution in [0, 0.1) is 0 Å². The third-order valence-electron chi connectivity index (χ3n) is 0.389. The van der Waals surface area contributed by atoms with Crippen molar-refractivity contribution in [2.24, 2.45) is 5.73 Å². The standard InChI is InChI=1S/CH4NO5P/c2-1(3)8(5,6)7-4/h4H,(H2,2,3)(H,5,6). The summed E-state index contributed by atoms with van der Waals surface area (Å²) in [4.78, 5) is 17.7. The van der Waals surface area contributed by atoms with Gasteiger partial charge in [0.25, 0.3) is 0 Å². The van der Waals surface area contributed by atoms with Crippen LogP contribution in [0.2, 0.25) is 0 Å². The topological polar surface area (TPSA) is 110 Å². The molecule has 0 aromatic heterocycles. The van der Waals surface area contributed by atoms with Crippen molar-refractivity contribution >= 4 is 13.2 Å². The first-order chi connectivity index (χ1) is 3.50. The molecule has 0 heterocycles. The summed E-state index contributed by atoms with van der Waals surface area (Å²) in [5.74, 6) is 0. The number of primary amides is 1. The van der Waals surface area contributed by atoms with E-state index in [0.29, 0.717) is 0 Å². The number of rotatable bonds is 2. The summed E-state index contributed by atoms with van der Waals surface area (Å²) >= 11 is 0. The smallest absolute Gasteiger partial charge is 0.359 e. The minimum atomic E-state index is -4.55. The molecule has 6 nitrogen and oxygen atoms in total. The predicted octanol–water partition coefficient (Wildman–Crippen LogP) is -0.260. The molecule has 0 spiro atoms. The van der Waals surface area contributed by atoms with Crippen molar-refractivity contribution in [3.05, 3.63) is 0 Å². The van der Waals surface area contributed by atoms with Gasteiger partial charge >= 0.3 is 13.2 Å². The van der Waals surface area contributed by atoms with Crippen molar-refractivity contribution in [1.29, 1.82) is 0 Å². The summed E-state index contributed by atoms with van der Waals surface area (Å²) in [6.45, 7) is 0. The predicted molar refractivity (Wildman–Crippen MR) is 23.1 cm³/mol. The Kier molecular flexibility index (Phi) is 2.12. The number of carbonyl (C=O) groups excluding carboxylic acids is 1. The number of carbonyl (C=O) groups is 1. The van der Waals surface area contributed by atoms with Gasteiger partial charge in [0, 0.05) is 0 Å². The molecule has 0 saturated carbocycles. The Morgan fingerprint density at radius 3 is 2.12 bits per heavy atom. The molecule has 0 saturated heterocycles. The van der Waals surface area contributed by atoms with Crippen LogP contribution in [0.15, 0.2) is 0 Å². The van der Waals surface area contributed by atoms with Gasteiger partial charge in [-0.15, -0.1) is 4.67 Å². The molecule has 0 fully saturated rings. The van der Waals surface area contributed by atoms with Crippen LogP contribution in [0.1, 0.15) is 0 Å². The largest absolute Gasteiger partial charge is 0.441 e. The van der Waals surface area contributed by atoms with Gasteiger partial charge < -0.3 is 10.6 Å². The molecule has 0 aromatic carbocycles. The van der Waals surface area contributed by atoms with E-state index < -0.39 is 13.2 Å². The molecular weight excluding hydrogens is 137 g/mol. The Bertz CT molecular complexity index is 141. The second-order valence-corrected chi connectivity index (χ2v) is 2.59.